The summed E-state index contributed by atoms with van der Waals surface area (Å²) in [6.45, 7) is 1.54. The number of anilines is 2. The molecule has 0 unspecified atom stereocenters. The molecule has 18 heavy (non-hydrogen) atoms. The molecule has 0 aliphatic heterocycles. The zero-order valence-electron chi connectivity index (χ0n) is 9.51. The van der Waals surface area contributed by atoms with Gasteiger partial charge in [-0.1, -0.05) is 34.8 Å². The smallest absolute Gasteiger partial charge is 0.190 e. The van der Waals surface area contributed by atoms with Gasteiger partial charge in [0.25, 0.3) is 0 Å². The van der Waals surface area contributed by atoms with E-state index < -0.39 is 0 Å². The fourth-order valence-corrected chi connectivity index (χ4v) is 3.15. The van der Waals surface area contributed by atoms with Crippen molar-refractivity contribution in [3.05, 3.63) is 35.3 Å². The number of Topliss-reactive ketones (excluding diaryl/α,β-unsaturated/α-hetero) is 1. The van der Waals surface area contributed by atoms with Gasteiger partial charge in [-0.2, -0.15) is 0 Å². The number of carbonyl (C=O) groups excluding carboxylic acids is 1. The van der Waals surface area contributed by atoms with Gasteiger partial charge in [0.2, 0.25) is 0 Å². The number of hydrogen-bond acceptors (Lipinski definition) is 6. The predicted octanol–water partition coefficient (Wildman–Crippen LogP) is 3.70. The van der Waals surface area contributed by atoms with Crippen molar-refractivity contribution in [2.24, 2.45) is 0 Å². The van der Waals surface area contributed by atoms with Gasteiger partial charge in [-0.05, 0) is 12.1 Å². The highest BCUT2D eigenvalue weighted by Crippen LogP contribution is 2.29. The first-order valence-electron chi connectivity index (χ1n) is 5.32. The molecule has 3 aromatic rings. The van der Waals surface area contributed by atoms with Gasteiger partial charge in [0.05, 0.1) is 21.3 Å². The van der Waals surface area contributed by atoms with Gasteiger partial charge < -0.3 is 5.32 Å². The van der Waals surface area contributed by atoms with Gasteiger partial charge in [0.15, 0.2) is 16.0 Å². The van der Waals surface area contributed by atoms with E-state index in [2.05, 4.69) is 15.3 Å². The van der Waals surface area contributed by atoms with Crippen molar-refractivity contribution in [2.45, 2.75) is 6.92 Å². The largest absolute Gasteiger partial charge is 0.307 e. The molecule has 6 heteroatoms. The number of carbonyl (C=O) groups is 1. The molecule has 0 saturated carbocycles. The summed E-state index contributed by atoms with van der Waals surface area (Å²) in [7, 11) is 0. The maximum Gasteiger partial charge on any atom is 0.190 e. The molecule has 90 valence electrons. The minimum absolute atomic E-state index is 0.0323. The second kappa shape index (κ2) is 4.47. The first kappa shape index (κ1) is 11.3. The third-order valence-electron chi connectivity index (χ3n) is 2.36. The number of fused-ring (bicyclic) bond motifs is 1. The molecule has 2 heterocycles. The molecular formula is C12H9N3OS2. The summed E-state index contributed by atoms with van der Waals surface area (Å²) in [5, 5.41) is 4.62. The Hall–Kier alpha value is -1.79. The number of thiazole rings is 2. The lowest BCUT2D eigenvalue weighted by molar-refractivity contribution is 0.102. The summed E-state index contributed by atoms with van der Waals surface area (Å²) >= 11 is 2.91. The normalized spacial score (nSPS) is 10.7. The zero-order chi connectivity index (χ0) is 12.5. The van der Waals surface area contributed by atoms with Crippen molar-refractivity contribution in [3.63, 3.8) is 0 Å². The summed E-state index contributed by atoms with van der Waals surface area (Å²) in [6, 6.07) is 7.95. The van der Waals surface area contributed by atoms with Crippen LogP contribution >= 0.6 is 22.7 Å². The van der Waals surface area contributed by atoms with Crippen LogP contribution in [-0.2, 0) is 0 Å². The van der Waals surface area contributed by atoms with Crippen molar-refractivity contribution in [1.82, 2.24) is 9.97 Å². The monoisotopic (exact) mass is 275 g/mol. The molecule has 1 aromatic carbocycles. The van der Waals surface area contributed by atoms with Gasteiger partial charge in [-0.25, -0.2) is 9.97 Å². The zero-order valence-corrected chi connectivity index (χ0v) is 11.1. The Balaban J connectivity index is 1.88. The highest BCUT2D eigenvalue weighted by Gasteiger charge is 2.08. The molecule has 0 aliphatic rings. The third kappa shape index (κ3) is 2.12. The van der Waals surface area contributed by atoms with E-state index in [1.165, 1.54) is 18.3 Å². The number of para-hydroxylation sites is 1. The molecule has 1 N–H and O–H groups in total. The van der Waals surface area contributed by atoms with Gasteiger partial charge >= 0.3 is 0 Å². The van der Waals surface area contributed by atoms with Crippen LogP contribution in [0.1, 0.15) is 16.6 Å². The van der Waals surface area contributed by atoms with Crippen molar-refractivity contribution >= 4 is 48.9 Å². The van der Waals surface area contributed by atoms with E-state index in [4.69, 9.17) is 0 Å². The van der Waals surface area contributed by atoms with Crippen molar-refractivity contribution in [1.29, 1.82) is 0 Å². The van der Waals surface area contributed by atoms with E-state index >= 15 is 0 Å². The van der Waals surface area contributed by atoms with Crippen molar-refractivity contribution < 1.29 is 4.79 Å². The number of nitrogens with one attached hydrogen (secondary N) is 1. The fraction of sp³-hybridized carbons (Fsp3) is 0.0833. The number of aromatic nitrogens is 2. The topological polar surface area (TPSA) is 54.9 Å². The van der Waals surface area contributed by atoms with E-state index in [1.54, 1.807) is 17.5 Å². The average molecular weight is 275 g/mol. The predicted molar refractivity (Wildman–Crippen MR) is 75.0 cm³/mol. The van der Waals surface area contributed by atoms with E-state index in [-0.39, 0.29) is 5.78 Å². The van der Waals surface area contributed by atoms with E-state index in [0.29, 0.717) is 10.0 Å². The van der Waals surface area contributed by atoms with Crippen LogP contribution in [0.4, 0.5) is 10.3 Å². The highest BCUT2D eigenvalue weighted by molar-refractivity contribution is 7.23. The molecule has 0 fully saturated rings. The molecular weight excluding hydrogens is 266 g/mol. The molecule has 0 amide bonds. The lowest BCUT2D eigenvalue weighted by atomic mass is 10.3. The second-order valence-electron chi connectivity index (χ2n) is 3.70. The maximum absolute atomic E-state index is 11.2. The fourth-order valence-electron chi connectivity index (χ4n) is 1.51. The highest BCUT2D eigenvalue weighted by atomic mass is 32.1. The molecule has 0 atom stereocenters. The Kier molecular flexibility index (Phi) is 2.81. The number of hydrogen-bond donors (Lipinski definition) is 1. The minimum Gasteiger partial charge on any atom is -0.307 e. The first-order valence-corrected chi connectivity index (χ1v) is 6.95. The van der Waals surface area contributed by atoms with Crippen LogP contribution < -0.4 is 5.32 Å². The lowest BCUT2D eigenvalue weighted by Crippen LogP contribution is -1.86. The van der Waals surface area contributed by atoms with Crippen LogP contribution in [0.5, 0.6) is 0 Å². The summed E-state index contributed by atoms with van der Waals surface area (Å²) in [4.78, 5) is 20.4. The van der Waals surface area contributed by atoms with Crippen LogP contribution in [0.25, 0.3) is 10.2 Å². The molecule has 0 bridgehead atoms. The quantitative estimate of drug-likeness (QED) is 0.740. The first-order chi connectivity index (χ1) is 8.72. The molecule has 0 radical (unpaired) electrons. The SMILES string of the molecule is CC(=O)c1cnc(Nc2nc3ccccc3s2)s1. The van der Waals surface area contributed by atoms with Gasteiger partial charge in [-0.3, -0.25) is 4.79 Å². The molecule has 4 nitrogen and oxygen atoms in total. The van der Waals surface area contributed by atoms with E-state index in [0.717, 1.165) is 15.3 Å². The number of benzene rings is 1. The third-order valence-corrected chi connectivity index (χ3v) is 4.33. The summed E-state index contributed by atoms with van der Waals surface area (Å²) in [6.07, 6.45) is 1.59. The van der Waals surface area contributed by atoms with E-state index in [1.807, 2.05) is 24.3 Å². The van der Waals surface area contributed by atoms with Crippen molar-refractivity contribution in [2.75, 3.05) is 5.32 Å². The Morgan fingerprint density at radius 3 is 2.78 bits per heavy atom. The van der Waals surface area contributed by atoms with Crippen LogP contribution in [-0.4, -0.2) is 15.8 Å². The molecule has 3 rings (SSSR count). The van der Waals surface area contributed by atoms with Gasteiger partial charge in [0, 0.05) is 6.92 Å². The molecule has 0 saturated heterocycles. The molecule has 0 aliphatic carbocycles. The Morgan fingerprint density at radius 2 is 2.06 bits per heavy atom. The van der Waals surface area contributed by atoms with Crippen LogP contribution in [0.15, 0.2) is 30.5 Å². The van der Waals surface area contributed by atoms with Gasteiger partial charge in [-0.15, -0.1) is 0 Å². The summed E-state index contributed by atoms with van der Waals surface area (Å²) in [5.74, 6) is 0.0323. The lowest BCUT2D eigenvalue weighted by Gasteiger charge is -1.93. The Bertz CT molecular complexity index is 684. The average Bonchev–Trinajstić information content (AvgIpc) is 2.94. The number of ketones is 1. The Labute approximate surface area is 111 Å². The number of nitrogens with zero attached hydrogens (tertiary/aromatic N) is 2. The molecule has 2 aromatic heterocycles. The number of rotatable bonds is 3. The summed E-state index contributed by atoms with van der Waals surface area (Å²) < 4.78 is 1.13. The maximum atomic E-state index is 11.2. The standard InChI is InChI=1S/C12H9N3OS2/c1-7(16)10-6-13-11(18-10)15-12-14-8-4-2-3-5-9(8)17-12/h2-6H,1H3,(H,13,14,15). The molecule has 0 spiro atoms. The Morgan fingerprint density at radius 1 is 1.22 bits per heavy atom. The second-order valence-corrected chi connectivity index (χ2v) is 5.76. The van der Waals surface area contributed by atoms with Crippen LogP contribution in [0, 0.1) is 0 Å². The van der Waals surface area contributed by atoms with E-state index in [9.17, 15) is 4.79 Å². The summed E-state index contributed by atoms with van der Waals surface area (Å²) in [5.41, 5.74) is 0.966. The van der Waals surface area contributed by atoms with Crippen LogP contribution in [0.3, 0.4) is 0 Å². The van der Waals surface area contributed by atoms with Crippen LogP contribution in [0.2, 0.25) is 0 Å². The van der Waals surface area contributed by atoms with Crippen molar-refractivity contribution in [3.8, 4) is 0 Å². The van der Waals surface area contributed by atoms with Gasteiger partial charge in [0.1, 0.15) is 0 Å². The minimum atomic E-state index is 0.0323.